The molecule has 19 heavy (non-hydrogen) atoms. The van der Waals surface area contributed by atoms with Gasteiger partial charge in [-0.2, -0.15) is 5.10 Å². The van der Waals surface area contributed by atoms with Gasteiger partial charge in [0.15, 0.2) is 0 Å². The molecule has 4 heteroatoms. The zero-order valence-electron chi connectivity index (χ0n) is 11.8. The van der Waals surface area contributed by atoms with E-state index in [1.54, 1.807) is 7.11 Å². The van der Waals surface area contributed by atoms with Crippen LogP contribution in [0.5, 0.6) is 5.75 Å². The molecule has 0 spiro atoms. The van der Waals surface area contributed by atoms with Crippen LogP contribution >= 0.6 is 0 Å². The quantitative estimate of drug-likeness (QED) is 0.865. The fraction of sp³-hybridized carbons (Fsp3) is 0.400. The average Bonchev–Trinajstić information content (AvgIpc) is 2.84. The van der Waals surface area contributed by atoms with Crippen molar-refractivity contribution in [3.8, 4) is 5.75 Å². The summed E-state index contributed by atoms with van der Waals surface area (Å²) in [5.41, 5.74) is 2.35. The van der Waals surface area contributed by atoms with Crippen molar-refractivity contribution >= 4 is 0 Å². The minimum absolute atomic E-state index is 0.304. The Morgan fingerprint density at radius 3 is 2.89 bits per heavy atom. The number of aromatic nitrogens is 2. The lowest BCUT2D eigenvalue weighted by atomic mass is 10.1. The summed E-state index contributed by atoms with van der Waals surface area (Å²) in [5, 5.41) is 7.87. The standard InChI is InChI=1S/C15H21N3O/c1-12(13-5-4-6-15(11-13)19-3)16-9-7-14-8-10-18(2)17-14/h4-6,8,10-12,16H,7,9H2,1-3H3. The molecule has 0 aliphatic heterocycles. The van der Waals surface area contributed by atoms with E-state index in [9.17, 15) is 0 Å². The summed E-state index contributed by atoms with van der Waals surface area (Å²) in [6, 6.07) is 10.5. The highest BCUT2D eigenvalue weighted by atomic mass is 16.5. The zero-order valence-corrected chi connectivity index (χ0v) is 11.8. The minimum Gasteiger partial charge on any atom is -0.497 e. The molecule has 0 amide bonds. The van der Waals surface area contributed by atoms with Crippen molar-refractivity contribution in [2.45, 2.75) is 19.4 Å². The summed E-state index contributed by atoms with van der Waals surface area (Å²) < 4.78 is 7.08. The Bertz CT molecular complexity index is 522. The number of ether oxygens (including phenoxy) is 1. The topological polar surface area (TPSA) is 39.1 Å². The Morgan fingerprint density at radius 1 is 1.37 bits per heavy atom. The van der Waals surface area contributed by atoms with Crippen LogP contribution in [0.15, 0.2) is 36.5 Å². The van der Waals surface area contributed by atoms with E-state index in [0.29, 0.717) is 6.04 Å². The van der Waals surface area contributed by atoms with Gasteiger partial charge in [0.05, 0.1) is 12.8 Å². The highest BCUT2D eigenvalue weighted by Gasteiger charge is 2.06. The maximum Gasteiger partial charge on any atom is 0.119 e. The molecule has 0 fully saturated rings. The van der Waals surface area contributed by atoms with Crippen LogP contribution in [0.2, 0.25) is 0 Å². The van der Waals surface area contributed by atoms with Crippen LogP contribution < -0.4 is 10.1 Å². The predicted octanol–water partition coefficient (Wildman–Crippen LogP) is 2.32. The van der Waals surface area contributed by atoms with E-state index >= 15 is 0 Å². The maximum atomic E-state index is 5.24. The van der Waals surface area contributed by atoms with Gasteiger partial charge in [-0.1, -0.05) is 12.1 Å². The monoisotopic (exact) mass is 259 g/mol. The van der Waals surface area contributed by atoms with Gasteiger partial charge >= 0.3 is 0 Å². The zero-order chi connectivity index (χ0) is 13.7. The maximum absolute atomic E-state index is 5.24. The predicted molar refractivity (Wildman–Crippen MR) is 76.3 cm³/mol. The number of nitrogens with zero attached hydrogens (tertiary/aromatic N) is 2. The van der Waals surface area contributed by atoms with Crippen molar-refractivity contribution in [1.29, 1.82) is 0 Å². The fourth-order valence-electron chi connectivity index (χ4n) is 2.04. The van der Waals surface area contributed by atoms with Crippen LogP contribution in [-0.2, 0) is 13.5 Å². The second-order valence-corrected chi connectivity index (χ2v) is 4.68. The molecule has 1 atom stereocenters. The molecule has 0 radical (unpaired) electrons. The van der Waals surface area contributed by atoms with E-state index < -0.39 is 0 Å². The van der Waals surface area contributed by atoms with Crippen LogP contribution in [-0.4, -0.2) is 23.4 Å². The first-order chi connectivity index (χ1) is 9.19. The molecule has 0 saturated carbocycles. The summed E-state index contributed by atoms with van der Waals surface area (Å²) in [6.45, 7) is 3.07. The molecule has 2 aromatic rings. The van der Waals surface area contributed by atoms with Gasteiger partial charge in [-0.25, -0.2) is 0 Å². The molecule has 102 valence electrons. The number of methoxy groups -OCH3 is 1. The van der Waals surface area contributed by atoms with Crippen molar-refractivity contribution in [3.05, 3.63) is 47.8 Å². The Labute approximate surface area is 114 Å². The van der Waals surface area contributed by atoms with Gasteiger partial charge in [-0.3, -0.25) is 4.68 Å². The van der Waals surface area contributed by atoms with E-state index in [2.05, 4.69) is 35.5 Å². The van der Waals surface area contributed by atoms with Gasteiger partial charge in [0.25, 0.3) is 0 Å². The van der Waals surface area contributed by atoms with E-state index in [0.717, 1.165) is 24.4 Å². The molecule has 0 aliphatic carbocycles. The molecule has 1 unspecified atom stereocenters. The van der Waals surface area contributed by atoms with Crippen LogP contribution in [0, 0.1) is 0 Å². The summed E-state index contributed by atoms with van der Waals surface area (Å²) in [4.78, 5) is 0. The molecule has 1 aromatic carbocycles. The van der Waals surface area contributed by atoms with E-state index in [1.165, 1.54) is 5.56 Å². The van der Waals surface area contributed by atoms with E-state index in [-0.39, 0.29) is 0 Å². The number of hydrogen-bond acceptors (Lipinski definition) is 3. The van der Waals surface area contributed by atoms with E-state index in [1.807, 2.05) is 30.1 Å². The number of hydrogen-bond donors (Lipinski definition) is 1. The van der Waals surface area contributed by atoms with Crippen molar-refractivity contribution in [2.75, 3.05) is 13.7 Å². The number of aryl methyl sites for hydroxylation is 1. The summed E-state index contributed by atoms with van der Waals surface area (Å²) in [6.07, 6.45) is 2.91. The van der Waals surface area contributed by atoms with Gasteiger partial charge in [0, 0.05) is 32.3 Å². The first-order valence-electron chi connectivity index (χ1n) is 6.55. The lowest BCUT2D eigenvalue weighted by Crippen LogP contribution is -2.21. The second kappa shape index (κ2) is 6.38. The second-order valence-electron chi connectivity index (χ2n) is 4.68. The SMILES string of the molecule is COc1cccc(C(C)NCCc2ccn(C)n2)c1. The van der Waals surface area contributed by atoms with Gasteiger partial charge in [-0.05, 0) is 30.7 Å². The van der Waals surface area contributed by atoms with Gasteiger partial charge < -0.3 is 10.1 Å². The third-order valence-corrected chi connectivity index (χ3v) is 3.19. The highest BCUT2D eigenvalue weighted by Crippen LogP contribution is 2.18. The van der Waals surface area contributed by atoms with Gasteiger partial charge in [0.1, 0.15) is 5.75 Å². The first-order valence-corrected chi connectivity index (χ1v) is 6.55. The Kier molecular flexibility index (Phi) is 4.58. The lowest BCUT2D eigenvalue weighted by Gasteiger charge is -2.14. The molecule has 1 N–H and O–H groups in total. The third kappa shape index (κ3) is 3.83. The Balaban J connectivity index is 1.85. The van der Waals surface area contributed by atoms with Crippen molar-refractivity contribution in [1.82, 2.24) is 15.1 Å². The smallest absolute Gasteiger partial charge is 0.119 e. The van der Waals surface area contributed by atoms with Crippen molar-refractivity contribution in [2.24, 2.45) is 7.05 Å². The molecular weight excluding hydrogens is 238 g/mol. The molecule has 2 rings (SSSR count). The summed E-state index contributed by atoms with van der Waals surface area (Å²) in [5.74, 6) is 0.899. The number of rotatable bonds is 6. The normalized spacial score (nSPS) is 12.4. The Morgan fingerprint density at radius 2 is 2.21 bits per heavy atom. The molecular formula is C15H21N3O. The van der Waals surface area contributed by atoms with Crippen molar-refractivity contribution in [3.63, 3.8) is 0 Å². The van der Waals surface area contributed by atoms with Crippen LogP contribution in [0.25, 0.3) is 0 Å². The van der Waals surface area contributed by atoms with Crippen LogP contribution in [0.1, 0.15) is 24.2 Å². The average molecular weight is 259 g/mol. The van der Waals surface area contributed by atoms with Crippen molar-refractivity contribution < 1.29 is 4.74 Å². The third-order valence-electron chi connectivity index (χ3n) is 3.19. The highest BCUT2D eigenvalue weighted by molar-refractivity contribution is 5.30. The molecule has 1 aromatic heterocycles. The largest absolute Gasteiger partial charge is 0.497 e. The lowest BCUT2D eigenvalue weighted by molar-refractivity contribution is 0.413. The number of benzene rings is 1. The van der Waals surface area contributed by atoms with E-state index in [4.69, 9.17) is 4.74 Å². The fourth-order valence-corrected chi connectivity index (χ4v) is 2.04. The molecule has 1 heterocycles. The summed E-state index contributed by atoms with van der Waals surface area (Å²) in [7, 11) is 3.63. The van der Waals surface area contributed by atoms with Crippen LogP contribution in [0.4, 0.5) is 0 Å². The minimum atomic E-state index is 0.304. The summed E-state index contributed by atoms with van der Waals surface area (Å²) >= 11 is 0. The molecule has 4 nitrogen and oxygen atoms in total. The van der Waals surface area contributed by atoms with Gasteiger partial charge in [-0.15, -0.1) is 0 Å². The van der Waals surface area contributed by atoms with Gasteiger partial charge in [0.2, 0.25) is 0 Å². The first kappa shape index (κ1) is 13.6. The number of nitrogens with one attached hydrogen (secondary N) is 1. The molecule has 0 aliphatic rings. The molecule has 0 bridgehead atoms. The Hall–Kier alpha value is -1.81. The van der Waals surface area contributed by atoms with Crippen LogP contribution in [0.3, 0.4) is 0 Å². The molecule has 0 saturated heterocycles.